The molecule has 1 fully saturated rings. The van der Waals surface area contributed by atoms with Gasteiger partial charge in [0.15, 0.2) is 0 Å². The number of hydrogen-bond acceptors (Lipinski definition) is 4. The van der Waals surface area contributed by atoms with Crippen LogP contribution in [0.2, 0.25) is 0 Å². The summed E-state index contributed by atoms with van der Waals surface area (Å²) >= 11 is 0. The maximum absolute atomic E-state index is 11.6. The van der Waals surface area contributed by atoms with Crippen molar-refractivity contribution in [3.8, 4) is 5.75 Å². The molecule has 1 aliphatic rings. The molecule has 6 heteroatoms. The molecule has 1 aliphatic heterocycles. The predicted octanol–water partition coefficient (Wildman–Crippen LogP) is 1.01. The normalized spacial score (nSPS) is 15.3. The van der Waals surface area contributed by atoms with E-state index in [2.05, 4.69) is 15.5 Å². The van der Waals surface area contributed by atoms with Gasteiger partial charge in [0.1, 0.15) is 12.4 Å². The van der Waals surface area contributed by atoms with Crippen LogP contribution in [0, 0.1) is 6.92 Å². The van der Waals surface area contributed by atoms with E-state index in [1.807, 2.05) is 31.2 Å². The van der Waals surface area contributed by atoms with Gasteiger partial charge < -0.3 is 20.1 Å². The maximum Gasteiger partial charge on any atom is 0.314 e. The van der Waals surface area contributed by atoms with Gasteiger partial charge >= 0.3 is 6.03 Å². The Morgan fingerprint density at radius 1 is 1.27 bits per heavy atom. The highest BCUT2D eigenvalue weighted by Crippen LogP contribution is 2.11. The van der Waals surface area contributed by atoms with Gasteiger partial charge in [-0.1, -0.05) is 12.1 Å². The van der Waals surface area contributed by atoms with Gasteiger partial charge in [-0.15, -0.1) is 0 Å². The molecule has 0 saturated carbocycles. The molecule has 0 atom stereocenters. The summed E-state index contributed by atoms with van der Waals surface area (Å²) in [6.45, 7) is 7.90. The van der Waals surface area contributed by atoms with Crippen LogP contribution < -0.4 is 15.4 Å². The monoisotopic (exact) mass is 307 g/mol. The number of urea groups is 1. The van der Waals surface area contributed by atoms with E-state index in [9.17, 15) is 4.79 Å². The summed E-state index contributed by atoms with van der Waals surface area (Å²) in [6, 6.07) is 7.71. The van der Waals surface area contributed by atoms with Crippen molar-refractivity contribution in [1.82, 2.24) is 15.5 Å². The topological polar surface area (TPSA) is 62.8 Å². The Balaban J connectivity index is 1.50. The molecule has 1 heterocycles. The molecule has 0 radical (unpaired) electrons. The van der Waals surface area contributed by atoms with Gasteiger partial charge in [-0.25, -0.2) is 4.79 Å². The second kappa shape index (κ2) is 9.27. The third kappa shape index (κ3) is 6.32. The highest BCUT2D eigenvalue weighted by molar-refractivity contribution is 5.73. The predicted molar refractivity (Wildman–Crippen MR) is 85.3 cm³/mol. The zero-order chi connectivity index (χ0) is 15.6. The molecule has 122 valence electrons. The van der Waals surface area contributed by atoms with Gasteiger partial charge in [0.25, 0.3) is 0 Å². The van der Waals surface area contributed by atoms with Crippen molar-refractivity contribution in [1.29, 1.82) is 0 Å². The van der Waals surface area contributed by atoms with E-state index >= 15 is 0 Å². The number of amides is 2. The number of carbonyl (C=O) groups excluding carboxylic acids is 1. The highest BCUT2D eigenvalue weighted by atomic mass is 16.5. The van der Waals surface area contributed by atoms with Crippen molar-refractivity contribution < 1.29 is 14.3 Å². The molecule has 2 amide bonds. The summed E-state index contributed by atoms with van der Waals surface area (Å²) in [5.74, 6) is 0.828. The Hall–Kier alpha value is -1.79. The molecule has 1 aromatic carbocycles. The Bertz CT molecular complexity index is 462. The number of hydrogen-bond donors (Lipinski definition) is 2. The van der Waals surface area contributed by atoms with Crippen molar-refractivity contribution in [2.24, 2.45) is 0 Å². The summed E-state index contributed by atoms with van der Waals surface area (Å²) in [7, 11) is 0. The molecule has 1 saturated heterocycles. The van der Waals surface area contributed by atoms with E-state index in [-0.39, 0.29) is 6.03 Å². The maximum atomic E-state index is 11.6. The second-order valence-corrected chi connectivity index (χ2v) is 5.30. The standard InChI is InChI=1S/C16H25N3O3/c1-14-3-2-4-15(13-14)22-10-6-18-16(20)17-5-7-19-8-11-21-12-9-19/h2-4,13H,5-12H2,1H3,(H2,17,18,20). The Kier molecular flexibility index (Phi) is 6.99. The summed E-state index contributed by atoms with van der Waals surface area (Å²) in [6.07, 6.45) is 0. The number of morpholine rings is 1. The number of ether oxygens (including phenoxy) is 2. The first kappa shape index (κ1) is 16.6. The molecule has 6 nitrogen and oxygen atoms in total. The molecular weight excluding hydrogens is 282 g/mol. The molecule has 2 rings (SSSR count). The quantitative estimate of drug-likeness (QED) is 0.738. The van der Waals surface area contributed by atoms with Gasteiger partial charge in [-0.3, -0.25) is 4.90 Å². The molecule has 0 aromatic heterocycles. The lowest BCUT2D eigenvalue weighted by Crippen LogP contribution is -2.44. The third-order valence-corrected chi connectivity index (χ3v) is 3.46. The number of nitrogens with zero attached hydrogens (tertiary/aromatic N) is 1. The molecule has 22 heavy (non-hydrogen) atoms. The number of benzene rings is 1. The van der Waals surface area contributed by atoms with E-state index in [0.29, 0.717) is 19.7 Å². The zero-order valence-corrected chi connectivity index (χ0v) is 13.1. The van der Waals surface area contributed by atoms with Gasteiger partial charge in [0.2, 0.25) is 0 Å². The van der Waals surface area contributed by atoms with E-state index < -0.39 is 0 Å². The van der Waals surface area contributed by atoms with Gasteiger partial charge in [-0.2, -0.15) is 0 Å². The summed E-state index contributed by atoms with van der Waals surface area (Å²) < 4.78 is 10.9. The van der Waals surface area contributed by atoms with E-state index in [4.69, 9.17) is 9.47 Å². The number of nitrogens with one attached hydrogen (secondary N) is 2. The van der Waals surface area contributed by atoms with Crippen molar-refractivity contribution >= 4 is 6.03 Å². The molecule has 1 aromatic rings. The summed E-state index contributed by atoms with van der Waals surface area (Å²) in [5, 5.41) is 5.64. The van der Waals surface area contributed by atoms with Gasteiger partial charge in [-0.05, 0) is 24.6 Å². The van der Waals surface area contributed by atoms with E-state index in [0.717, 1.165) is 44.2 Å². The summed E-state index contributed by atoms with van der Waals surface area (Å²) in [4.78, 5) is 13.9. The van der Waals surface area contributed by atoms with Crippen LogP contribution in [-0.2, 0) is 4.74 Å². The van der Waals surface area contributed by atoms with Crippen LogP contribution in [0.5, 0.6) is 5.75 Å². The fourth-order valence-electron chi connectivity index (χ4n) is 2.25. The Morgan fingerprint density at radius 3 is 2.82 bits per heavy atom. The SMILES string of the molecule is Cc1cccc(OCCNC(=O)NCCN2CCOCC2)c1. The molecule has 0 aliphatic carbocycles. The Morgan fingerprint density at radius 2 is 2.05 bits per heavy atom. The minimum Gasteiger partial charge on any atom is -0.492 e. The van der Waals surface area contributed by atoms with Crippen molar-refractivity contribution in [2.75, 3.05) is 52.5 Å². The highest BCUT2D eigenvalue weighted by Gasteiger charge is 2.09. The smallest absolute Gasteiger partial charge is 0.314 e. The average Bonchev–Trinajstić information content (AvgIpc) is 2.53. The van der Waals surface area contributed by atoms with Crippen molar-refractivity contribution in [3.63, 3.8) is 0 Å². The van der Waals surface area contributed by atoms with Crippen LogP contribution >= 0.6 is 0 Å². The third-order valence-electron chi connectivity index (χ3n) is 3.46. The Labute approximate surface area is 131 Å². The minimum absolute atomic E-state index is 0.152. The zero-order valence-electron chi connectivity index (χ0n) is 13.1. The van der Waals surface area contributed by atoms with E-state index in [1.165, 1.54) is 0 Å². The fourth-order valence-corrected chi connectivity index (χ4v) is 2.25. The first-order valence-electron chi connectivity index (χ1n) is 7.75. The largest absolute Gasteiger partial charge is 0.492 e. The first-order chi connectivity index (χ1) is 10.7. The lowest BCUT2D eigenvalue weighted by Gasteiger charge is -2.26. The van der Waals surface area contributed by atoms with Gasteiger partial charge in [0, 0.05) is 26.2 Å². The minimum atomic E-state index is -0.152. The number of carbonyl (C=O) groups is 1. The van der Waals surface area contributed by atoms with Gasteiger partial charge in [0.05, 0.1) is 19.8 Å². The van der Waals surface area contributed by atoms with Crippen molar-refractivity contribution in [2.45, 2.75) is 6.92 Å². The molecule has 0 unspecified atom stereocenters. The van der Waals surface area contributed by atoms with Crippen LogP contribution in [0.4, 0.5) is 4.79 Å². The molecule has 0 bridgehead atoms. The number of aryl methyl sites for hydroxylation is 1. The van der Waals surface area contributed by atoms with Crippen molar-refractivity contribution in [3.05, 3.63) is 29.8 Å². The van der Waals surface area contributed by atoms with Crippen LogP contribution in [0.3, 0.4) is 0 Å². The molecular formula is C16H25N3O3. The van der Waals surface area contributed by atoms with Crippen LogP contribution in [0.1, 0.15) is 5.56 Å². The molecule has 0 spiro atoms. The average molecular weight is 307 g/mol. The first-order valence-corrected chi connectivity index (χ1v) is 7.75. The number of rotatable bonds is 7. The van der Waals surface area contributed by atoms with E-state index in [1.54, 1.807) is 0 Å². The van der Waals surface area contributed by atoms with Crippen LogP contribution in [0.15, 0.2) is 24.3 Å². The second-order valence-electron chi connectivity index (χ2n) is 5.30. The lowest BCUT2D eigenvalue weighted by molar-refractivity contribution is 0.0387. The lowest BCUT2D eigenvalue weighted by atomic mass is 10.2. The summed E-state index contributed by atoms with van der Waals surface area (Å²) in [5.41, 5.74) is 1.16. The van der Waals surface area contributed by atoms with Crippen LogP contribution in [0.25, 0.3) is 0 Å². The van der Waals surface area contributed by atoms with Crippen LogP contribution in [-0.4, -0.2) is 63.5 Å². The molecule has 2 N–H and O–H groups in total. The fraction of sp³-hybridized carbons (Fsp3) is 0.562.